The van der Waals surface area contributed by atoms with E-state index in [1.165, 1.54) is 18.4 Å². The monoisotopic (exact) mass is 340 g/mol. The second kappa shape index (κ2) is 7.59. The van der Waals surface area contributed by atoms with Crippen molar-refractivity contribution in [1.29, 1.82) is 0 Å². The normalized spacial score (nSPS) is 12.4. The molecule has 0 aliphatic heterocycles. The van der Waals surface area contributed by atoms with E-state index in [0.717, 1.165) is 5.56 Å². The van der Waals surface area contributed by atoms with Crippen molar-refractivity contribution >= 4 is 34.1 Å². The molecule has 0 aliphatic carbocycles. The second-order valence-corrected chi connectivity index (χ2v) is 7.53. The summed E-state index contributed by atoms with van der Waals surface area (Å²) in [4.78, 5) is 36.0. The van der Waals surface area contributed by atoms with Crippen LogP contribution in [0.25, 0.3) is 0 Å². The lowest BCUT2D eigenvalue weighted by Gasteiger charge is -2.16. The number of thiophene rings is 1. The lowest BCUT2D eigenvalue weighted by Crippen LogP contribution is -2.34. The van der Waals surface area contributed by atoms with Gasteiger partial charge in [-0.1, -0.05) is 20.8 Å². The SMILES string of the molecule is COC(=O)CC(C)NC(=O)c1sc(NC(=O)C(C)(C)C)cc1C. The summed E-state index contributed by atoms with van der Waals surface area (Å²) < 4.78 is 4.58. The number of anilines is 1. The minimum Gasteiger partial charge on any atom is -0.469 e. The van der Waals surface area contributed by atoms with Crippen molar-refractivity contribution in [2.45, 2.75) is 47.1 Å². The molecule has 0 aliphatic rings. The summed E-state index contributed by atoms with van der Waals surface area (Å²) in [7, 11) is 1.31. The summed E-state index contributed by atoms with van der Waals surface area (Å²) in [5, 5.41) is 6.21. The zero-order valence-corrected chi connectivity index (χ0v) is 15.2. The Balaban J connectivity index is 2.76. The number of nitrogens with one attached hydrogen (secondary N) is 2. The highest BCUT2D eigenvalue weighted by Crippen LogP contribution is 2.28. The van der Waals surface area contributed by atoms with E-state index in [-0.39, 0.29) is 30.2 Å². The number of amides is 2. The molecular formula is C16H24N2O4S. The molecular weight excluding hydrogens is 316 g/mol. The fraction of sp³-hybridized carbons (Fsp3) is 0.562. The molecule has 0 radical (unpaired) electrons. The van der Waals surface area contributed by atoms with Gasteiger partial charge in [0, 0.05) is 11.5 Å². The number of methoxy groups -OCH3 is 1. The third-order valence-electron chi connectivity index (χ3n) is 3.12. The van der Waals surface area contributed by atoms with Crippen molar-refractivity contribution in [3.8, 4) is 0 Å². The maximum atomic E-state index is 12.3. The number of ether oxygens (including phenoxy) is 1. The molecule has 2 N–H and O–H groups in total. The van der Waals surface area contributed by atoms with Crippen LogP contribution in [-0.2, 0) is 14.3 Å². The van der Waals surface area contributed by atoms with Gasteiger partial charge in [-0.05, 0) is 25.5 Å². The van der Waals surface area contributed by atoms with Gasteiger partial charge in [-0.15, -0.1) is 11.3 Å². The maximum absolute atomic E-state index is 12.3. The highest BCUT2D eigenvalue weighted by molar-refractivity contribution is 7.18. The molecule has 1 heterocycles. The molecule has 1 aromatic rings. The molecule has 6 nitrogen and oxygen atoms in total. The van der Waals surface area contributed by atoms with Gasteiger partial charge in [-0.25, -0.2) is 0 Å². The Kier molecular flexibility index (Phi) is 6.32. The highest BCUT2D eigenvalue weighted by Gasteiger charge is 2.23. The lowest BCUT2D eigenvalue weighted by molar-refractivity contribution is -0.141. The predicted octanol–water partition coefficient (Wildman–Crippen LogP) is 2.72. The van der Waals surface area contributed by atoms with E-state index >= 15 is 0 Å². The average Bonchev–Trinajstić information content (AvgIpc) is 2.78. The summed E-state index contributed by atoms with van der Waals surface area (Å²) in [6.45, 7) is 9.02. The first-order valence-corrected chi connectivity index (χ1v) is 8.15. The van der Waals surface area contributed by atoms with Crippen LogP contribution in [0.15, 0.2) is 6.07 Å². The van der Waals surface area contributed by atoms with E-state index in [2.05, 4.69) is 15.4 Å². The number of hydrogen-bond donors (Lipinski definition) is 2. The van der Waals surface area contributed by atoms with Crippen molar-refractivity contribution in [3.05, 3.63) is 16.5 Å². The van der Waals surface area contributed by atoms with Gasteiger partial charge in [0.1, 0.15) is 0 Å². The van der Waals surface area contributed by atoms with Gasteiger partial charge in [0.15, 0.2) is 0 Å². The number of aryl methyl sites for hydroxylation is 1. The molecule has 0 bridgehead atoms. The Labute approximate surface area is 140 Å². The van der Waals surface area contributed by atoms with E-state index in [4.69, 9.17) is 0 Å². The molecule has 2 amide bonds. The topological polar surface area (TPSA) is 84.5 Å². The second-order valence-electron chi connectivity index (χ2n) is 6.48. The van der Waals surface area contributed by atoms with Crippen LogP contribution in [0, 0.1) is 12.3 Å². The Hall–Kier alpha value is -1.89. The first-order chi connectivity index (χ1) is 10.5. The van der Waals surface area contributed by atoms with Crippen LogP contribution in [0.4, 0.5) is 5.00 Å². The van der Waals surface area contributed by atoms with Gasteiger partial charge in [0.05, 0.1) is 23.4 Å². The van der Waals surface area contributed by atoms with Crippen LogP contribution in [0.3, 0.4) is 0 Å². The summed E-state index contributed by atoms with van der Waals surface area (Å²) in [5.74, 6) is -0.747. The Bertz CT molecular complexity index is 602. The smallest absolute Gasteiger partial charge is 0.307 e. The lowest BCUT2D eigenvalue weighted by atomic mass is 9.96. The number of rotatable bonds is 5. The van der Waals surface area contributed by atoms with Crippen LogP contribution < -0.4 is 10.6 Å². The predicted molar refractivity (Wildman–Crippen MR) is 90.7 cm³/mol. The molecule has 1 rings (SSSR count). The number of carbonyl (C=O) groups excluding carboxylic acids is 3. The van der Waals surface area contributed by atoms with Gasteiger partial charge in [0.2, 0.25) is 5.91 Å². The maximum Gasteiger partial charge on any atom is 0.307 e. The molecule has 0 aromatic carbocycles. The van der Waals surface area contributed by atoms with E-state index in [9.17, 15) is 14.4 Å². The molecule has 1 aromatic heterocycles. The quantitative estimate of drug-likeness (QED) is 0.807. The van der Waals surface area contributed by atoms with Gasteiger partial charge in [0.25, 0.3) is 5.91 Å². The van der Waals surface area contributed by atoms with Crippen molar-refractivity contribution in [3.63, 3.8) is 0 Å². The van der Waals surface area contributed by atoms with Crippen LogP contribution in [0.2, 0.25) is 0 Å². The van der Waals surface area contributed by atoms with E-state index in [1.807, 2.05) is 27.7 Å². The summed E-state index contributed by atoms with van der Waals surface area (Å²) in [6, 6.07) is 1.44. The summed E-state index contributed by atoms with van der Waals surface area (Å²) in [5.41, 5.74) is 0.275. The third-order valence-corrected chi connectivity index (χ3v) is 4.27. The molecule has 1 atom stereocenters. The molecule has 128 valence electrons. The van der Waals surface area contributed by atoms with E-state index in [0.29, 0.717) is 9.88 Å². The largest absolute Gasteiger partial charge is 0.469 e. The standard InChI is InChI=1S/C16H24N2O4S/c1-9-7-11(18-15(21)16(3,4)5)23-13(9)14(20)17-10(2)8-12(19)22-6/h7,10H,8H2,1-6H3,(H,17,20)(H,18,21). The first kappa shape index (κ1) is 19.2. The van der Waals surface area contributed by atoms with Crippen LogP contribution >= 0.6 is 11.3 Å². The van der Waals surface area contributed by atoms with Crippen molar-refractivity contribution in [2.24, 2.45) is 5.41 Å². The van der Waals surface area contributed by atoms with Gasteiger partial charge >= 0.3 is 5.97 Å². The molecule has 0 saturated heterocycles. The fourth-order valence-electron chi connectivity index (χ4n) is 1.74. The fourth-order valence-corrected chi connectivity index (χ4v) is 2.71. The van der Waals surface area contributed by atoms with Crippen molar-refractivity contribution in [1.82, 2.24) is 5.32 Å². The minimum absolute atomic E-state index is 0.107. The Morgan fingerprint density at radius 3 is 2.43 bits per heavy atom. The van der Waals surface area contributed by atoms with Crippen LogP contribution in [0.1, 0.15) is 49.4 Å². The first-order valence-electron chi connectivity index (χ1n) is 7.34. The molecule has 7 heteroatoms. The molecule has 0 fully saturated rings. The van der Waals surface area contributed by atoms with Gasteiger partial charge < -0.3 is 15.4 Å². The van der Waals surface area contributed by atoms with Gasteiger partial charge in [-0.3, -0.25) is 14.4 Å². The van der Waals surface area contributed by atoms with Crippen molar-refractivity contribution in [2.75, 3.05) is 12.4 Å². The number of hydrogen-bond acceptors (Lipinski definition) is 5. The van der Waals surface area contributed by atoms with Crippen molar-refractivity contribution < 1.29 is 19.1 Å². The van der Waals surface area contributed by atoms with Crippen LogP contribution in [-0.4, -0.2) is 30.9 Å². The Morgan fingerprint density at radius 1 is 1.30 bits per heavy atom. The Morgan fingerprint density at radius 2 is 1.91 bits per heavy atom. The molecule has 23 heavy (non-hydrogen) atoms. The minimum atomic E-state index is -0.505. The highest BCUT2D eigenvalue weighted by atomic mass is 32.1. The third kappa shape index (κ3) is 5.67. The zero-order valence-electron chi connectivity index (χ0n) is 14.4. The van der Waals surface area contributed by atoms with E-state index in [1.54, 1.807) is 13.0 Å². The summed E-state index contributed by atoms with van der Waals surface area (Å²) >= 11 is 1.22. The average molecular weight is 340 g/mol. The molecule has 0 saturated carbocycles. The van der Waals surface area contributed by atoms with E-state index < -0.39 is 5.41 Å². The summed E-state index contributed by atoms with van der Waals surface area (Å²) in [6.07, 6.45) is 0.111. The number of carbonyl (C=O) groups is 3. The number of esters is 1. The molecule has 1 unspecified atom stereocenters. The van der Waals surface area contributed by atoms with Crippen LogP contribution in [0.5, 0.6) is 0 Å². The molecule has 0 spiro atoms. The van der Waals surface area contributed by atoms with Gasteiger partial charge in [-0.2, -0.15) is 0 Å². The zero-order chi connectivity index (χ0) is 17.8.